The molecule has 0 saturated carbocycles. The van der Waals surface area contributed by atoms with Crippen LogP contribution >= 0.6 is 27.3 Å². The SMILES string of the molecule is O=C(OCc1coc(-c2cccs2)n1)c1ccccc1Br. The van der Waals surface area contributed by atoms with Gasteiger partial charge >= 0.3 is 5.97 Å². The zero-order valence-electron chi connectivity index (χ0n) is 10.8. The van der Waals surface area contributed by atoms with Crippen LogP contribution in [0.3, 0.4) is 0 Å². The molecule has 0 bridgehead atoms. The molecule has 21 heavy (non-hydrogen) atoms. The van der Waals surface area contributed by atoms with Crippen molar-refractivity contribution in [3.05, 3.63) is 63.8 Å². The number of esters is 1. The van der Waals surface area contributed by atoms with Gasteiger partial charge in [-0.2, -0.15) is 0 Å². The van der Waals surface area contributed by atoms with E-state index in [1.54, 1.807) is 29.5 Å². The zero-order valence-corrected chi connectivity index (χ0v) is 13.2. The fraction of sp³-hybridized carbons (Fsp3) is 0.0667. The summed E-state index contributed by atoms with van der Waals surface area (Å²) in [5.41, 5.74) is 1.07. The maximum Gasteiger partial charge on any atom is 0.339 e. The molecule has 6 heteroatoms. The monoisotopic (exact) mass is 363 g/mol. The normalized spacial score (nSPS) is 10.5. The van der Waals surface area contributed by atoms with Crippen molar-refractivity contribution in [1.29, 1.82) is 0 Å². The molecule has 0 N–H and O–H groups in total. The quantitative estimate of drug-likeness (QED) is 0.639. The predicted octanol–water partition coefficient (Wildman–Crippen LogP) is 4.52. The van der Waals surface area contributed by atoms with E-state index in [1.807, 2.05) is 23.6 Å². The molecule has 0 amide bonds. The zero-order chi connectivity index (χ0) is 14.7. The van der Waals surface area contributed by atoms with Gasteiger partial charge in [0.1, 0.15) is 18.6 Å². The lowest BCUT2D eigenvalue weighted by Gasteiger charge is -2.04. The predicted molar refractivity (Wildman–Crippen MR) is 83.1 cm³/mol. The second-order valence-corrected chi connectivity index (χ2v) is 5.98. The Morgan fingerprint density at radius 3 is 2.90 bits per heavy atom. The summed E-state index contributed by atoms with van der Waals surface area (Å²) in [4.78, 5) is 17.2. The smallest absolute Gasteiger partial charge is 0.339 e. The minimum atomic E-state index is -0.400. The molecule has 1 aromatic carbocycles. The molecule has 0 atom stereocenters. The highest BCUT2D eigenvalue weighted by Crippen LogP contribution is 2.24. The van der Waals surface area contributed by atoms with E-state index in [9.17, 15) is 4.79 Å². The highest BCUT2D eigenvalue weighted by atomic mass is 79.9. The number of rotatable bonds is 4. The van der Waals surface area contributed by atoms with Gasteiger partial charge in [-0.3, -0.25) is 0 Å². The maximum atomic E-state index is 12.0. The first-order valence-corrected chi connectivity index (χ1v) is 7.81. The van der Waals surface area contributed by atoms with Gasteiger partial charge in [0.05, 0.1) is 10.4 Å². The van der Waals surface area contributed by atoms with Crippen molar-refractivity contribution in [3.63, 3.8) is 0 Å². The summed E-state index contributed by atoms with van der Waals surface area (Å²) in [6.07, 6.45) is 1.50. The van der Waals surface area contributed by atoms with Crippen molar-refractivity contribution < 1.29 is 13.9 Å². The molecule has 0 unspecified atom stereocenters. The Labute approximate surface area is 133 Å². The Balaban J connectivity index is 1.66. The lowest BCUT2D eigenvalue weighted by molar-refractivity contribution is 0.0466. The second kappa shape index (κ2) is 6.24. The van der Waals surface area contributed by atoms with Crippen LogP contribution < -0.4 is 0 Å². The maximum absolute atomic E-state index is 12.0. The van der Waals surface area contributed by atoms with Crippen LogP contribution in [0.25, 0.3) is 10.8 Å². The number of halogens is 1. The van der Waals surface area contributed by atoms with Crippen LogP contribution in [0.4, 0.5) is 0 Å². The van der Waals surface area contributed by atoms with E-state index in [0.29, 0.717) is 21.6 Å². The lowest BCUT2D eigenvalue weighted by Crippen LogP contribution is -2.06. The van der Waals surface area contributed by atoms with Crippen molar-refractivity contribution in [2.45, 2.75) is 6.61 Å². The first-order valence-electron chi connectivity index (χ1n) is 6.14. The molecule has 4 nitrogen and oxygen atoms in total. The first-order chi connectivity index (χ1) is 10.2. The molecule has 106 valence electrons. The van der Waals surface area contributed by atoms with E-state index >= 15 is 0 Å². The van der Waals surface area contributed by atoms with E-state index in [1.165, 1.54) is 6.26 Å². The molecule has 3 aromatic rings. The number of hydrogen-bond acceptors (Lipinski definition) is 5. The number of hydrogen-bond donors (Lipinski definition) is 0. The van der Waals surface area contributed by atoms with Crippen molar-refractivity contribution in [2.75, 3.05) is 0 Å². The van der Waals surface area contributed by atoms with E-state index in [0.717, 1.165) is 4.88 Å². The summed E-state index contributed by atoms with van der Waals surface area (Å²) < 4.78 is 11.3. The minimum absolute atomic E-state index is 0.0784. The fourth-order valence-electron chi connectivity index (χ4n) is 1.73. The van der Waals surface area contributed by atoms with Gasteiger partial charge in [0.2, 0.25) is 5.89 Å². The molecule has 0 saturated heterocycles. The average Bonchev–Trinajstić information content (AvgIpc) is 3.16. The van der Waals surface area contributed by atoms with Gasteiger partial charge in [0.25, 0.3) is 0 Å². The van der Waals surface area contributed by atoms with Crippen molar-refractivity contribution in [3.8, 4) is 10.8 Å². The van der Waals surface area contributed by atoms with Crippen LogP contribution in [0.2, 0.25) is 0 Å². The summed E-state index contributed by atoms with van der Waals surface area (Å²) in [5.74, 6) is 0.139. The van der Waals surface area contributed by atoms with Gasteiger partial charge < -0.3 is 9.15 Å². The molecule has 0 aliphatic carbocycles. The number of oxazole rings is 1. The summed E-state index contributed by atoms with van der Waals surface area (Å²) in [6, 6.07) is 11.0. The molecule has 2 heterocycles. The van der Waals surface area contributed by atoms with Gasteiger partial charge in [-0.1, -0.05) is 18.2 Å². The third-order valence-electron chi connectivity index (χ3n) is 2.73. The second-order valence-electron chi connectivity index (χ2n) is 4.18. The number of carbonyl (C=O) groups excluding carboxylic acids is 1. The van der Waals surface area contributed by atoms with Gasteiger partial charge in [-0.15, -0.1) is 11.3 Å². The number of aromatic nitrogens is 1. The summed E-state index contributed by atoms with van der Waals surface area (Å²) in [5, 5.41) is 1.95. The molecule has 0 fully saturated rings. The highest BCUT2D eigenvalue weighted by Gasteiger charge is 2.13. The summed E-state index contributed by atoms with van der Waals surface area (Å²) in [7, 11) is 0. The van der Waals surface area contributed by atoms with Gasteiger partial charge in [0, 0.05) is 4.47 Å². The van der Waals surface area contributed by atoms with Crippen molar-refractivity contribution >= 4 is 33.2 Å². The number of benzene rings is 1. The minimum Gasteiger partial charge on any atom is -0.455 e. The third kappa shape index (κ3) is 3.22. The molecule has 3 rings (SSSR count). The number of thiophene rings is 1. The highest BCUT2D eigenvalue weighted by molar-refractivity contribution is 9.10. The lowest BCUT2D eigenvalue weighted by atomic mass is 10.2. The Morgan fingerprint density at radius 2 is 2.14 bits per heavy atom. The number of nitrogens with zero attached hydrogens (tertiary/aromatic N) is 1. The molecule has 0 spiro atoms. The van der Waals surface area contributed by atoms with Crippen LogP contribution in [-0.4, -0.2) is 11.0 Å². The molecule has 2 aromatic heterocycles. The molecule has 0 radical (unpaired) electrons. The van der Waals surface area contributed by atoms with Crippen molar-refractivity contribution in [2.24, 2.45) is 0 Å². The molecular weight excluding hydrogens is 354 g/mol. The van der Waals surface area contributed by atoms with Gasteiger partial charge in [-0.05, 0) is 39.5 Å². The molecule has 0 aliphatic heterocycles. The first kappa shape index (κ1) is 14.0. The Hall–Kier alpha value is -1.92. The van der Waals surface area contributed by atoms with Crippen molar-refractivity contribution in [1.82, 2.24) is 4.98 Å². The fourth-order valence-corrected chi connectivity index (χ4v) is 2.83. The van der Waals surface area contributed by atoms with Crippen LogP contribution in [-0.2, 0) is 11.3 Å². The standard InChI is InChI=1S/C15H10BrNO3S/c16-12-5-2-1-4-11(12)15(18)20-9-10-8-19-14(17-10)13-6-3-7-21-13/h1-8H,9H2. The van der Waals surface area contributed by atoms with Gasteiger partial charge in [-0.25, -0.2) is 9.78 Å². The summed E-state index contributed by atoms with van der Waals surface area (Å²) in [6.45, 7) is 0.0784. The van der Waals surface area contributed by atoms with Crippen LogP contribution in [0.15, 0.2) is 56.9 Å². The van der Waals surface area contributed by atoms with Crippen LogP contribution in [0, 0.1) is 0 Å². The Morgan fingerprint density at radius 1 is 1.29 bits per heavy atom. The third-order valence-corrected chi connectivity index (χ3v) is 4.28. The summed E-state index contributed by atoms with van der Waals surface area (Å²) >= 11 is 4.86. The van der Waals surface area contributed by atoms with Gasteiger partial charge in [0.15, 0.2) is 0 Å². The van der Waals surface area contributed by atoms with Crippen LogP contribution in [0.5, 0.6) is 0 Å². The largest absolute Gasteiger partial charge is 0.455 e. The van der Waals surface area contributed by atoms with E-state index < -0.39 is 5.97 Å². The Kier molecular flexibility index (Phi) is 4.17. The number of carbonyl (C=O) groups is 1. The number of ether oxygens (including phenoxy) is 1. The van der Waals surface area contributed by atoms with E-state index in [-0.39, 0.29) is 6.61 Å². The van der Waals surface area contributed by atoms with Crippen LogP contribution in [0.1, 0.15) is 16.1 Å². The average molecular weight is 364 g/mol. The van der Waals surface area contributed by atoms with E-state index in [4.69, 9.17) is 9.15 Å². The molecule has 0 aliphatic rings. The Bertz CT molecular complexity index is 752. The van der Waals surface area contributed by atoms with E-state index in [2.05, 4.69) is 20.9 Å². The molecular formula is C15H10BrNO3S. The topological polar surface area (TPSA) is 52.3 Å².